The van der Waals surface area contributed by atoms with E-state index in [9.17, 15) is 4.79 Å². The summed E-state index contributed by atoms with van der Waals surface area (Å²) in [7, 11) is 0. The Bertz CT molecular complexity index is 604. The third kappa shape index (κ3) is 2.72. The van der Waals surface area contributed by atoms with E-state index >= 15 is 0 Å². The minimum Gasteiger partial charge on any atom is -0.298 e. The summed E-state index contributed by atoms with van der Waals surface area (Å²) in [6.45, 7) is 0. The monoisotopic (exact) mass is 233 g/mol. The summed E-state index contributed by atoms with van der Waals surface area (Å²) in [4.78, 5) is 10.5. The van der Waals surface area contributed by atoms with Crippen molar-refractivity contribution in [1.29, 1.82) is 5.26 Å². The third-order valence-corrected chi connectivity index (χ3v) is 2.59. The number of carbonyl (C=O) groups is 1. The maximum absolute atomic E-state index is 10.5. The fourth-order valence-corrected chi connectivity index (χ4v) is 1.64. The molecule has 0 fully saturated rings. The van der Waals surface area contributed by atoms with E-state index in [1.165, 1.54) is 0 Å². The molecule has 0 amide bonds. The predicted molar refractivity (Wildman–Crippen MR) is 71.8 cm³/mol. The summed E-state index contributed by atoms with van der Waals surface area (Å²) in [5.41, 5.74) is 3.03. The number of benzene rings is 2. The second kappa shape index (κ2) is 5.60. The van der Waals surface area contributed by atoms with Gasteiger partial charge in [-0.05, 0) is 17.2 Å². The molecule has 18 heavy (non-hydrogen) atoms. The van der Waals surface area contributed by atoms with Crippen LogP contribution in [-0.4, -0.2) is 6.29 Å². The summed E-state index contributed by atoms with van der Waals surface area (Å²) >= 11 is 0. The lowest BCUT2D eigenvalue weighted by molar-refractivity contribution is 0.112. The highest BCUT2D eigenvalue weighted by atomic mass is 16.1. The molecule has 2 nitrogen and oxygen atoms in total. The molecule has 0 heterocycles. The Morgan fingerprint density at radius 1 is 0.944 bits per heavy atom. The number of carbonyl (C=O) groups excluding carboxylic acids is 1. The predicted octanol–water partition coefficient (Wildman–Crippen LogP) is 3.56. The van der Waals surface area contributed by atoms with E-state index in [4.69, 9.17) is 5.26 Å². The number of rotatable bonds is 3. The fourth-order valence-electron chi connectivity index (χ4n) is 1.64. The lowest BCUT2D eigenvalue weighted by atomic mass is 10.0. The molecule has 0 bridgehead atoms. The van der Waals surface area contributed by atoms with Crippen LogP contribution in [0.25, 0.3) is 11.6 Å². The first-order valence-corrected chi connectivity index (χ1v) is 5.56. The highest BCUT2D eigenvalue weighted by Crippen LogP contribution is 2.17. The Morgan fingerprint density at radius 2 is 1.56 bits per heavy atom. The van der Waals surface area contributed by atoms with E-state index < -0.39 is 0 Å². The summed E-state index contributed by atoms with van der Waals surface area (Å²) in [5.74, 6) is 0. The highest BCUT2D eigenvalue weighted by molar-refractivity contribution is 5.89. The van der Waals surface area contributed by atoms with Crippen LogP contribution >= 0.6 is 0 Å². The summed E-state index contributed by atoms with van der Waals surface area (Å²) in [6.07, 6.45) is 2.61. The summed E-state index contributed by atoms with van der Waals surface area (Å²) < 4.78 is 0. The van der Waals surface area contributed by atoms with Crippen molar-refractivity contribution in [3.8, 4) is 6.07 Å². The van der Waals surface area contributed by atoms with Crippen molar-refractivity contribution < 1.29 is 4.79 Å². The molecule has 0 atom stereocenters. The number of nitrogens with zero attached hydrogens (tertiary/aromatic N) is 1. The van der Waals surface area contributed by atoms with Crippen LogP contribution in [0.4, 0.5) is 0 Å². The lowest BCUT2D eigenvalue weighted by Crippen LogP contribution is -1.82. The first-order chi connectivity index (χ1) is 8.83. The summed E-state index contributed by atoms with van der Waals surface area (Å²) in [6, 6.07) is 18.8. The molecule has 0 unspecified atom stereocenters. The first-order valence-electron chi connectivity index (χ1n) is 5.56. The van der Waals surface area contributed by atoms with Crippen LogP contribution in [0.2, 0.25) is 0 Å². The number of allylic oxidation sites excluding steroid dienone is 1. The maximum atomic E-state index is 10.5. The van der Waals surface area contributed by atoms with Crippen molar-refractivity contribution >= 4 is 17.9 Å². The van der Waals surface area contributed by atoms with Crippen LogP contribution in [0.15, 0.2) is 54.6 Å². The number of aldehydes is 1. The van der Waals surface area contributed by atoms with Crippen LogP contribution in [0.3, 0.4) is 0 Å². The van der Waals surface area contributed by atoms with Crippen LogP contribution in [-0.2, 0) is 0 Å². The second-order valence-corrected chi connectivity index (χ2v) is 3.82. The van der Waals surface area contributed by atoms with Crippen molar-refractivity contribution in [3.05, 3.63) is 71.3 Å². The Balaban J connectivity index is 2.35. The van der Waals surface area contributed by atoms with E-state index in [0.717, 1.165) is 17.4 Å². The SMILES string of the molecule is N#C/C(=C\c1ccc(C=O)cc1)c1ccccc1. The normalized spacial score (nSPS) is 10.7. The molecule has 2 aromatic carbocycles. The van der Waals surface area contributed by atoms with Crippen LogP contribution < -0.4 is 0 Å². The van der Waals surface area contributed by atoms with Gasteiger partial charge in [0.05, 0.1) is 11.6 Å². The molecule has 2 aromatic rings. The largest absolute Gasteiger partial charge is 0.298 e. The highest BCUT2D eigenvalue weighted by Gasteiger charge is 1.99. The Kier molecular flexibility index (Phi) is 3.68. The second-order valence-electron chi connectivity index (χ2n) is 3.82. The smallest absolute Gasteiger partial charge is 0.150 e. The fraction of sp³-hybridized carbons (Fsp3) is 0. The van der Waals surface area contributed by atoms with Gasteiger partial charge in [0.15, 0.2) is 0 Å². The molecule has 0 aromatic heterocycles. The van der Waals surface area contributed by atoms with Gasteiger partial charge in [-0.1, -0.05) is 54.6 Å². The molecule has 0 spiro atoms. The minimum absolute atomic E-state index is 0.606. The van der Waals surface area contributed by atoms with Crippen molar-refractivity contribution in [3.63, 3.8) is 0 Å². The molecule has 0 aliphatic carbocycles. The molecule has 0 radical (unpaired) electrons. The maximum Gasteiger partial charge on any atom is 0.150 e. The van der Waals surface area contributed by atoms with Gasteiger partial charge in [-0.3, -0.25) is 4.79 Å². The van der Waals surface area contributed by atoms with Gasteiger partial charge in [0.25, 0.3) is 0 Å². The van der Waals surface area contributed by atoms with Gasteiger partial charge in [-0.15, -0.1) is 0 Å². The van der Waals surface area contributed by atoms with Crippen LogP contribution in [0.1, 0.15) is 21.5 Å². The van der Waals surface area contributed by atoms with Gasteiger partial charge >= 0.3 is 0 Å². The molecule has 0 aliphatic rings. The third-order valence-electron chi connectivity index (χ3n) is 2.59. The number of hydrogen-bond acceptors (Lipinski definition) is 2. The molecule has 0 aliphatic heterocycles. The lowest BCUT2D eigenvalue weighted by Gasteiger charge is -1.99. The quantitative estimate of drug-likeness (QED) is 0.462. The van der Waals surface area contributed by atoms with E-state index in [2.05, 4.69) is 6.07 Å². The molecule has 86 valence electrons. The topological polar surface area (TPSA) is 40.9 Å². The van der Waals surface area contributed by atoms with Gasteiger partial charge in [-0.25, -0.2) is 0 Å². The molecular weight excluding hydrogens is 222 g/mol. The summed E-state index contributed by atoms with van der Waals surface area (Å²) in [5, 5.41) is 9.17. The van der Waals surface area contributed by atoms with E-state index in [-0.39, 0.29) is 0 Å². The van der Waals surface area contributed by atoms with Crippen molar-refractivity contribution in [2.24, 2.45) is 0 Å². The van der Waals surface area contributed by atoms with Gasteiger partial charge in [-0.2, -0.15) is 5.26 Å². The van der Waals surface area contributed by atoms with Crippen molar-refractivity contribution in [1.82, 2.24) is 0 Å². The average molecular weight is 233 g/mol. The van der Waals surface area contributed by atoms with E-state index in [0.29, 0.717) is 11.1 Å². The zero-order valence-electron chi connectivity index (χ0n) is 9.71. The molecule has 0 saturated carbocycles. The zero-order chi connectivity index (χ0) is 12.8. The van der Waals surface area contributed by atoms with Gasteiger partial charge in [0.2, 0.25) is 0 Å². The van der Waals surface area contributed by atoms with Crippen LogP contribution in [0, 0.1) is 11.3 Å². The van der Waals surface area contributed by atoms with Crippen molar-refractivity contribution in [2.75, 3.05) is 0 Å². The van der Waals surface area contributed by atoms with E-state index in [1.807, 2.05) is 48.5 Å². The Morgan fingerprint density at radius 3 is 2.11 bits per heavy atom. The molecule has 2 rings (SSSR count). The molecule has 0 N–H and O–H groups in total. The number of hydrogen-bond donors (Lipinski definition) is 0. The zero-order valence-corrected chi connectivity index (χ0v) is 9.71. The van der Waals surface area contributed by atoms with Crippen LogP contribution in [0.5, 0.6) is 0 Å². The number of nitriles is 1. The minimum atomic E-state index is 0.606. The first kappa shape index (κ1) is 11.8. The Labute approximate surface area is 106 Å². The Hall–Kier alpha value is -2.66. The van der Waals surface area contributed by atoms with Gasteiger partial charge in [0.1, 0.15) is 6.29 Å². The van der Waals surface area contributed by atoms with E-state index in [1.54, 1.807) is 12.1 Å². The van der Waals surface area contributed by atoms with Gasteiger partial charge < -0.3 is 0 Å². The molecular formula is C16H11NO. The molecule has 2 heteroatoms. The van der Waals surface area contributed by atoms with Crippen molar-refractivity contribution in [2.45, 2.75) is 0 Å². The molecule has 0 saturated heterocycles. The van der Waals surface area contributed by atoms with Gasteiger partial charge in [0, 0.05) is 5.56 Å². The standard InChI is InChI=1S/C16H11NO/c17-11-16(15-4-2-1-3-5-15)10-13-6-8-14(12-18)9-7-13/h1-10,12H/b16-10+. The average Bonchev–Trinajstić information content (AvgIpc) is 2.46.